The molecule has 1 aromatic carbocycles. The molecular weight excluding hydrogens is 224 g/mol. The number of methoxy groups -OCH3 is 1. The van der Waals surface area contributed by atoms with Gasteiger partial charge in [-0.05, 0) is 12.5 Å². The molecule has 0 saturated carbocycles. The molecule has 0 aliphatic carbocycles. The van der Waals surface area contributed by atoms with Gasteiger partial charge in [0.05, 0.1) is 7.11 Å². The zero-order valence-electron chi connectivity index (χ0n) is 10.7. The number of hydrogen-bond donors (Lipinski definition) is 1. The fraction of sp³-hybridized carbons (Fsp3) is 0.538. The topological polar surface area (TPSA) is 21.3 Å². The van der Waals surface area contributed by atoms with Crippen molar-refractivity contribution in [3.63, 3.8) is 0 Å². The van der Waals surface area contributed by atoms with Crippen LogP contribution in [0.2, 0.25) is 0 Å². The first-order valence-corrected chi connectivity index (χ1v) is 5.77. The van der Waals surface area contributed by atoms with E-state index in [0.717, 1.165) is 0 Å². The second-order valence-electron chi connectivity index (χ2n) is 4.28. The minimum Gasteiger partial charge on any atom is -0.497 e. The maximum Gasteiger partial charge on any atom is 0.134 e. The van der Waals surface area contributed by atoms with Crippen LogP contribution >= 0.6 is 0 Å². The molecule has 1 unspecified atom stereocenters. The zero-order valence-corrected chi connectivity index (χ0v) is 10.7. The monoisotopic (exact) mass is 243 g/mol. The zero-order chi connectivity index (χ0) is 13.0. The molecule has 1 N–H and O–H groups in total. The van der Waals surface area contributed by atoms with E-state index in [1.807, 2.05) is 20.8 Å². The lowest BCUT2D eigenvalue weighted by molar-refractivity contribution is 0.376. The molecule has 0 aliphatic heterocycles. The number of nitrogens with one attached hydrogen (secondary N) is 1. The van der Waals surface area contributed by atoms with Gasteiger partial charge in [0.15, 0.2) is 0 Å². The third-order valence-electron chi connectivity index (χ3n) is 2.69. The second-order valence-corrected chi connectivity index (χ2v) is 4.28. The summed E-state index contributed by atoms with van der Waals surface area (Å²) in [4.78, 5) is 0. The van der Waals surface area contributed by atoms with Gasteiger partial charge >= 0.3 is 0 Å². The lowest BCUT2D eigenvalue weighted by Crippen LogP contribution is -2.27. The Morgan fingerprint density at radius 1 is 1.24 bits per heavy atom. The third-order valence-corrected chi connectivity index (χ3v) is 2.69. The molecule has 0 spiro atoms. The SMILES string of the molecule is CCNC(c1c(F)cc(OC)cc1F)C(C)C. The van der Waals surface area contributed by atoms with Crippen LogP contribution < -0.4 is 10.1 Å². The molecule has 0 aliphatic rings. The summed E-state index contributed by atoms with van der Waals surface area (Å²) in [5, 5.41) is 3.10. The van der Waals surface area contributed by atoms with Crippen LogP contribution in [0.15, 0.2) is 12.1 Å². The van der Waals surface area contributed by atoms with E-state index in [1.54, 1.807) is 0 Å². The van der Waals surface area contributed by atoms with Crippen molar-refractivity contribution in [2.75, 3.05) is 13.7 Å². The van der Waals surface area contributed by atoms with Crippen LogP contribution in [0.5, 0.6) is 5.75 Å². The van der Waals surface area contributed by atoms with E-state index in [4.69, 9.17) is 4.74 Å². The van der Waals surface area contributed by atoms with Crippen LogP contribution in [0, 0.1) is 17.6 Å². The highest BCUT2D eigenvalue weighted by Crippen LogP contribution is 2.29. The molecule has 0 saturated heterocycles. The van der Waals surface area contributed by atoms with E-state index >= 15 is 0 Å². The van der Waals surface area contributed by atoms with Crippen molar-refractivity contribution in [3.8, 4) is 5.75 Å². The van der Waals surface area contributed by atoms with Gasteiger partial charge in [0, 0.05) is 23.7 Å². The number of hydrogen-bond acceptors (Lipinski definition) is 2. The molecule has 1 rings (SSSR count). The summed E-state index contributed by atoms with van der Waals surface area (Å²) in [5.74, 6) is -0.835. The van der Waals surface area contributed by atoms with Gasteiger partial charge in [0.1, 0.15) is 17.4 Å². The molecule has 1 aromatic rings. The van der Waals surface area contributed by atoms with Crippen molar-refractivity contribution in [2.24, 2.45) is 5.92 Å². The van der Waals surface area contributed by atoms with E-state index in [2.05, 4.69) is 5.32 Å². The Kier molecular flexibility index (Phi) is 4.87. The normalized spacial score (nSPS) is 12.9. The van der Waals surface area contributed by atoms with E-state index in [1.165, 1.54) is 19.2 Å². The first-order valence-electron chi connectivity index (χ1n) is 5.77. The second kappa shape index (κ2) is 5.96. The number of benzene rings is 1. The van der Waals surface area contributed by atoms with E-state index in [9.17, 15) is 8.78 Å². The largest absolute Gasteiger partial charge is 0.497 e. The molecule has 0 radical (unpaired) electrons. The van der Waals surface area contributed by atoms with E-state index in [-0.39, 0.29) is 23.3 Å². The van der Waals surface area contributed by atoms with Gasteiger partial charge in [-0.2, -0.15) is 0 Å². The average Bonchev–Trinajstić information content (AvgIpc) is 2.26. The standard InChI is InChI=1S/C13H19F2NO/c1-5-16-13(8(2)3)12-10(14)6-9(17-4)7-11(12)15/h6-8,13,16H,5H2,1-4H3. The highest BCUT2D eigenvalue weighted by Gasteiger charge is 2.23. The molecule has 17 heavy (non-hydrogen) atoms. The molecule has 0 amide bonds. The first kappa shape index (κ1) is 13.9. The fourth-order valence-electron chi connectivity index (χ4n) is 1.87. The highest BCUT2D eigenvalue weighted by atomic mass is 19.1. The van der Waals surface area contributed by atoms with Gasteiger partial charge in [-0.3, -0.25) is 0 Å². The minimum absolute atomic E-state index is 0.0858. The van der Waals surface area contributed by atoms with Gasteiger partial charge in [-0.25, -0.2) is 8.78 Å². The molecule has 1 atom stereocenters. The summed E-state index contributed by atoms with van der Waals surface area (Å²) in [5.41, 5.74) is 0.0858. The maximum absolute atomic E-state index is 13.9. The van der Waals surface area contributed by atoms with Gasteiger partial charge in [-0.1, -0.05) is 20.8 Å². The van der Waals surface area contributed by atoms with Gasteiger partial charge in [0.2, 0.25) is 0 Å². The molecule has 0 fully saturated rings. The summed E-state index contributed by atoms with van der Waals surface area (Å²) >= 11 is 0. The summed E-state index contributed by atoms with van der Waals surface area (Å²) in [6.45, 7) is 6.43. The Morgan fingerprint density at radius 2 is 1.76 bits per heavy atom. The molecule has 2 nitrogen and oxygen atoms in total. The van der Waals surface area contributed by atoms with Crippen LogP contribution in [0.25, 0.3) is 0 Å². The molecule has 96 valence electrons. The molecule has 0 heterocycles. The van der Waals surface area contributed by atoms with Gasteiger partial charge in [0.25, 0.3) is 0 Å². The molecular formula is C13H19F2NO. The summed E-state index contributed by atoms with van der Waals surface area (Å²) in [6.07, 6.45) is 0. The van der Waals surface area contributed by atoms with Crippen LogP contribution in [0.3, 0.4) is 0 Å². The predicted octanol–water partition coefficient (Wildman–Crippen LogP) is 3.28. The quantitative estimate of drug-likeness (QED) is 0.857. The minimum atomic E-state index is -0.568. The summed E-state index contributed by atoms with van der Waals surface area (Å²) < 4.78 is 32.6. The Labute approximate surface area is 101 Å². The smallest absolute Gasteiger partial charge is 0.134 e. The van der Waals surface area contributed by atoms with E-state index < -0.39 is 11.6 Å². The Balaban J connectivity index is 3.19. The van der Waals surface area contributed by atoms with Crippen LogP contribution in [-0.2, 0) is 0 Å². The number of ether oxygens (including phenoxy) is 1. The van der Waals surface area contributed by atoms with Gasteiger partial charge < -0.3 is 10.1 Å². The van der Waals surface area contributed by atoms with E-state index in [0.29, 0.717) is 6.54 Å². The van der Waals surface area contributed by atoms with Crippen LogP contribution in [0.1, 0.15) is 32.4 Å². The predicted molar refractivity (Wildman–Crippen MR) is 64.2 cm³/mol. The maximum atomic E-state index is 13.9. The first-order chi connectivity index (χ1) is 8.01. The van der Waals surface area contributed by atoms with Crippen molar-refractivity contribution in [1.82, 2.24) is 5.32 Å². The van der Waals surface area contributed by atoms with Crippen molar-refractivity contribution >= 4 is 0 Å². The molecule has 4 heteroatoms. The fourth-order valence-corrected chi connectivity index (χ4v) is 1.87. The average molecular weight is 243 g/mol. The Morgan fingerprint density at radius 3 is 2.12 bits per heavy atom. The van der Waals surface area contributed by atoms with Crippen molar-refractivity contribution in [2.45, 2.75) is 26.8 Å². The highest BCUT2D eigenvalue weighted by molar-refractivity contribution is 5.32. The number of halogens is 2. The number of rotatable bonds is 5. The van der Waals surface area contributed by atoms with Crippen molar-refractivity contribution in [1.29, 1.82) is 0 Å². The third kappa shape index (κ3) is 3.16. The lowest BCUT2D eigenvalue weighted by Gasteiger charge is -2.23. The van der Waals surface area contributed by atoms with Crippen LogP contribution in [0.4, 0.5) is 8.78 Å². The van der Waals surface area contributed by atoms with Gasteiger partial charge in [-0.15, -0.1) is 0 Å². The summed E-state index contributed by atoms with van der Waals surface area (Å²) in [7, 11) is 1.39. The summed E-state index contributed by atoms with van der Waals surface area (Å²) in [6, 6.07) is 2.10. The Bertz CT molecular complexity index is 357. The van der Waals surface area contributed by atoms with Crippen molar-refractivity contribution in [3.05, 3.63) is 29.3 Å². The molecule has 0 bridgehead atoms. The molecule has 0 aromatic heterocycles. The lowest BCUT2D eigenvalue weighted by atomic mass is 9.95. The Hall–Kier alpha value is -1.16. The van der Waals surface area contributed by atoms with Crippen LogP contribution in [-0.4, -0.2) is 13.7 Å². The van der Waals surface area contributed by atoms with Crippen molar-refractivity contribution < 1.29 is 13.5 Å².